The van der Waals surface area contributed by atoms with Gasteiger partial charge in [0.05, 0.1) is 12.7 Å². The summed E-state index contributed by atoms with van der Waals surface area (Å²) in [6.45, 7) is 10.5. The number of esters is 1. The average molecular weight is 604 g/mol. The van der Waals surface area contributed by atoms with Crippen LogP contribution in [0.5, 0.6) is 0 Å². The number of piperidine rings is 1. The molecule has 0 saturated carbocycles. The number of halogens is 1. The zero-order valence-electron chi connectivity index (χ0n) is 25.6. The fourth-order valence-corrected chi connectivity index (χ4v) is 6.09. The van der Waals surface area contributed by atoms with Gasteiger partial charge in [-0.1, -0.05) is 29.8 Å². The number of piperazine rings is 1. The average Bonchev–Trinajstić information content (AvgIpc) is 3.01. The zero-order chi connectivity index (χ0) is 30.6. The van der Waals surface area contributed by atoms with Gasteiger partial charge in [0.2, 0.25) is 0 Å². The molecule has 0 aliphatic carbocycles. The van der Waals surface area contributed by atoms with E-state index < -0.39 is 5.60 Å². The Labute approximate surface area is 260 Å². The molecule has 0 radical (unpaired) electrons. The fourth-order valence-electron chi connectivity index (χ4n) is 5.96. The minimum atomic E-state index is -0.494. The number of methoxy groups -OCH3 is 1. The number of ether oxygens (including phenoxy) is 2. The molecule has 2 heterocycles. The number of hydrogen-bond acceptors (Lipinski definition) is 6. The van der Waals surface area contributed by atoms with E-state index in [1.807, 2.05) is 62.1 Å². The molecule has 0 spiro atoms. The molecular formula is C35H42ClN3O4. The third kappa shape index (κ3) is 7.82. The largest absolute Gasteiger partial charge is 0.465 e. The monoisotopic (exact) mass is 603 g/mol. The Morgan fingerprint density at radius 1 is 0.814 bits per heavy atom. The normalized spacial score (nSPS) is 16.3. The number of amides is 1. The Kier molecular flexibility index (Phi) is 9.50. The summed E-state index contributed by atoms with van der Waals surface area (Å²) in [6, 6.07) is 22.6. The molecular weight excluding hydrogens is 562 g/mol. The molecule has 2 aliphatic rings. The van der Waals surface area contributed by atoms with Crippen LogP contribution in [-0.4, -0.2) is 68.9 Å². The molecule has 5 rings (SSSR count). The Morgan fingerprint density at radius 3 is 2.02 bits per heavy atom. The molecule has 0 atom stereocenters. The van der Waals surface area contributed by atoms with Crippen LogP contribution >= 0.6 is 11.6 Å². The molecule has 2 fully saturated rings. The van der Waals surface area contributed by atoms with Crippen LogP contribution < -0.4 is 9.80 Å². The van der Waals surface area contributed by atoms with Crippen molar-refractivity contribution in [3.05, 3.63) is 82.9 Å². The maximum Gasteiger partial charge on any atom is 0.410 e. The number of anilines is 2. The van der Waals surface area contributed by atoms with E-state index in [0.717, 1.165) is 56.2 Å². The highest BCUT2D eigenvalue weighted by Crippen LogP contribution is 2.34. The molecule has 8 heteroatoms. The Morgan fingerprint density at radius 2 is 1.42 bits per heavy atom. The lowest BCUT2D eigenvalue weighted by molar-refractivity contribution is 0.0240. The van der Waals surface area contributed by atoms with Crippen LogP contribution in [0.15, 0.2) is 66.7 Å². The van der Waals surface area contributed by atoms with Gasteiger partial charge in [0.25, 0.3) is 0 Å². The van der Waals surface area contributed by atoms with Gasteiger partial charge in [-0.25, -0.2) is 9.59 Å². The number of nitrogens with zero attached hydrogens (tertiary/aromatic N) is 3. The lowest BCUT2D eigenvalue weighted by Crippen LogP contribution is -2.50. The summed E-state index contributed by atoms with van der Waals surface area (Å²) < 4.78 is 10.4. The molecule has 3 aromatic rings. The molecule has 1 amide bonds. The first-order valence-electron chi connectivity index (χ1n) is 15.1. The van der Waals surface area contributed by atoms with Gasteiger partial charge in [-0.15, -0.1) is 0 Å². The minimum absolute atomic E-state index is 0.239. The van der Waals surface area contributed by atoms with Crippen molar-refractivity contribution in [1.82, 2.24) is 4.90 Å². The van der Waals surface area contributed by atoms with Crippen LogP contribution in [-0.2, 0) is 15.9 Å². The van der Waals surface area contributed by atoms with Gasteiger partial charge >= 0.3 is 12.1 Å². The highest BCUT2D eigenvalue weighted by Gasteiger charge is 2.27. The van der Waals surface area contributed by atoms with Crippen molar-refractivity contribution in [2.45, 2.75) is 45.6 Å². The van der Waals surface area contributed by atoms with Gasteiger partial charge in [0, 0.05) is 55.7 Å². The number of rotatable bonds is 6. The SMILES string of the molecule is COC(=O)c1ccc(N2CCC(Cc3cc(N4CCN(C(=O)OC(C)(C)C)CC4)ccc3-c3ccc(Cl)cc3)CC2)cc1. The van der Waals surface area contributed by atoms with Crippen LogP contribution in [0, 0.1) is 5.92 Å². The summed E-state index contributed by atoms with van der Waals surface area (Å²) in [7, 11) is 1.40. The minimum Gasteiger partial charge on any atom is -0.465 e. The second-order valence-corrected chi connectivity index (χ2v) is 12.9. The van der Waals surface area contributed by atoms with E-state index in [0.29, 0.717) is 24.6 Å². The van der Waals surface area contributed by atoms with Crippen LogP contribution in [0.25, 0.3) is 11.1 Å². The summed E-state index contributed by atoms with van der Waals surface area (Å²) in [5.74, 6) is 0.254. The lowest BCUT2D eigenvalue weighted by Gasteiger charge is -2.37. The molecule has 0 N–H and O–H groups in total. The number of hydrogen-bond donors (Lipinski definition) is 0. The van der Waals surface area contributed by atoms with E-state index in [9.17, 15) is 9.59 Å². The summed E-state index contributed by atoms with van der Waals surface area (Å²) in [5.41, 5.74) is 6.17. The zero-order valence-corrected chi connectivity index (χ0v) is 26.4. The van der Waals surface area contributed by atoms with Crippen LogP contribution in [0.3, 0.4) is 0 Å². The standard InChI is InChI=1S/C35H42ClN3O4/c1-35(2,3)43-34(41)39-21-19-38(20-22-39)31-13-14-32(26-5-9-29(36)10-6-26)28(24-31)23-25-15-17-37(18-16-25)30-11-7-27(8-12-30)33(40)42-4/h5-14,24-25H,15-23H2,1-4H3. The Balaban J connectivity index is 1.28. The molecule has 7 nitrogen and oxygen atoms in total. The van der Waals surface area contributed by atoms with Crippen molar-refractivity contribution in [3.63, 3.8) is 0 Å². The highest BCUT2D eigenvalue weighted by molar-refractivity contribution is 6.30. The third-order valence-corrected chi connectivity index (χ3v) is 8.57. The molecule has 0 aromatic heterocycles. The molecule has 228 valence electrons. The summed E-state index contributed by atoms with van der Waals surface area (Å²) in [4.78, 5) is 31.0. The van der Waals surface area contributed by atoms with Gasteiger partial charge in [-0.3, -0.25) is 0 Å². The van der Waals surface area contributed by atoms with Crippen LogP contribution in [0.4, 0.5) is 16.2 Å². The van der Waals surface area contributed by atoms with Crippen molar-refractivity contribution in [1.29, 1.82) is 0 Å². The first-order chi connectivity index (χ1) is 20.6. The quantitative estimate of drug-likeness (QED) is 0.275. The second-order valence-electron chi connectivity index (χ2n) is 12.5. The van der Waals surface area contributed by atoms with Gasteiger partial charge in [0.1, 0.15) is 5.60 Å². The maximum absolute atomic E-state index is 12.6. The number of benzene rings is 3. The first-order valence-corrected chi connectivity index (χ1v) is 15.5. The predicted octanol–water partition coefficient (Wildman–Crippen LogP) is 7.31. The first kappa shape index (κ1) is 30.7. The van der Waals surface area contributed by atoms with Crippen molar-refractivity contribution < 1.29 is 19.1 Å². The Hall–Kier alpha value is -3.71. The molecule has 43 heavy (non-hydrogen) atoms. The van der Waals surface area contributed by atoms with Crippen molar-refractivity contribution in [2.75, 3.05) is 56.2 Å². The molecule has 2 aliphatic heterocycles. The van der Waals surface area contributed by atoms with E-state index in [1.54, 1.807) is 0 Å². The van der Waals surface area contributed by atoms with E-state index in [-0.39, 0.29) is 12.1 Å². The summed E-state index contributed by atoms with van der Waals surface area (Å²) in [6.07, 6.45) is 2.95. The highest BCUT2D eigenvalue weighted by atomic mass is 35.5. The number of carbonyl (C=O) groups excluding carboxylic acids is 2. The molecule has 3 aromatic carbocycles. The van der Waals surface area contributed by atoms with Gasteiger partial charge in [-0.05, 0) is 111 Å². The molecule has 0 bridgehead atoms. The van der Waals surface area contributed by atoms with Crippen molar-refractivity contribution >= 4 is 35.0 Å². The van der Waals surface area contributed by atoms with Crippen LogP contribution in [0.2, 0.25) is 5.02 Å². The maximum atomic E-state index is 12.6. The second kappa shape index (κ2) is 13.3. The van der Waals surface area contributed by atoms with E-state index >= 15 is 0 Å². The van der Waals surface area contributed by atoms with E-state index in [2.05, 4.69) is 40.1 Å². The predicted molar refractivity (Wildman–Crippen MR) is 173 cm³/mol. The number of carbonyl (C=O) groups is 2. The van der Waals surface area contributed by atoms with Gasteiger partial charge in [-0.2, -0.15) is 0 Å². The topological polar surface area (TPSA) is 62.3 Å². The lowest BCUT2D eigenvalue weighted by atomic mass is 9.86. The van der Waals surface area contributed by atoms with Gasteiger partial charge in [0.15, 0.2) is 0 Å². The Bertz CT molecular complexity index is 1400. The van der Waals surface area contributed by atoms with E-state index in [1.165, 1.54) is 29.5 Å². The summed E-state index contributed by atoms with van der Waals surface area (Å²) in [5, 5.41) is 0.733. The van der Waals surface area contributed by atoms with Crippen molar-refractivity contribution in [2.24, 2.45) is 5.92 Å². The van der Waals surface area contributed by atoms with Gasteiger partial charge < -0.3 is 24.2 Å². The van der Waals surface area contributed by atoms with Crippen molar-refractivity contribution in [3.8, 4) is 11.1 Å². The molecule has 0 unspecified atom stereocenters. The smallest absolute Gasteiger partial charge is 0.410 e. The molecule has 2 saturated heterocycles. The fraction of sp³-hybridized carbons (Fsp3) is 0.429. The van der Waals surface area contributed by atoms with Crippen LogP contribution in [0.1, 0.15) is 49.5 Å². The van der Waals surface area contributed by atoms with E-state index in [4.69, 9.17) is 21.1 Å². The summed E-state index contributed by atoms with van der Waals surface area (Å²) >= 11 is 6.22. The third-order valence-electron chi connectivity index (χ3n) is 8.32.